The molecule has 3 heterocycles. The predicted octanol–water partition coefficient (Wildman–Crippen LogP) is 5.20. The normalized spacial score (nSPS) is 20.9. The van der Waals surface area contributed by atoms with Crippen LogP contribution in [0.15, 0.2) is 78.9 Å². The number of carbonyl (C=O) groups is 2. The molecule has 2 amide bonds. The van der Waals surface area contributed by atoms with Gasteiger partial charge in [0.05, 0.1) is 19.1 Å². The number of hydrogen-bond acceptors (Lipinski definition) is 4. The van der Waals surface area contributed by atoms with E-state index < -0.39 is 0 Å². The Morgan fingerprint density at radius 3 is 1.85 bits per heavy atom. The molecule has 0 aliphatic carbocycles. The van der Waals surface area contributed by atoms with Crippen LogP contribution < -0.4 is 0 Å². The number of likely N-dealkylation sites (tertiary alicyclic amines) is 2. The number of carbonyl (C=O) groups excluding carboxylic acids is 2. The van der Waals surface area contributed by atoms with E-state index in [-0.39, 0.29) is 11.8 Å². The summed E-state index contributed by atoms with van der Waals surface area (Å²) in [6, 6.07) is 27.3. The van der Waals surface area contributed by atoms with Crippen LogP contribution in [0.1, 0.15) is 36.0 Å². The van der Waals surface area contributed by atoms with Gasteiger partial charge in [0, 0.05) is 44.3 Å². The van der Waals surface area contributed by atoms with Gasteiger partial charge in [0.15, 0.2) is 0 Å². The van der Waals surface area contributed by atoms with Gasteiger partial charge in [-0.3, -0.25) is 14.5 Å². The average Bonchev–Trinajstić information content (AvgIpc) is 3.05. The fourth-order valence-corrected chi connectivity index (χ4v) is 6.54. The quantitative estimate of drug-likeness (QED) is 0.449. The maximum absolute atomic E-state index is 13.8. The molecule has 0 saturated carbocycles. The van der Waals surface area contributed by atoms with Crippen LogP contribution in [-0.2, 0) is 9.53 Å². The van der Waals surface area contributed by atoms with Crippen LogP contribution in [0.2, 0.25) is 0 Å². The molecule has 3 aliphatic heterocycles. The standard InChI is InChI=1S/C34H39N3O3/c38-33(36-18-20-40-21-19-36)28-12-7-15-37(25-28)32-13-16-35(17-14-32)34(39)31-23-29(26-8-3-1-4-9-26)22-30(24-31)27-10-5-2-6-11-27/h1-6,8-11,22-24,28,32H,7,12-21,25H2/t28-/m1/s1. The van der Waals surface area contributed by atoms with E-state index in [1.54, 1.807) is 0 Å². The van der Waals surface area contributed by atoms with Crippen molar-refractivity contribution in [2.24, 2.45) is 5.92 Å². The van der Waals surface area contributed by atoms with Gasteiger partial charge in [-0.1, -0.05) is 60.7 Å². The van der Waals surface area contributed by atoms with Crippen molar-refractivity contribution in [3.63, 3.8) is 0 Å². The molecule has 3 aromatic rings. The molecule has 0 spiro atoms. The van der Waals surface area contributed by atoms with E-state index in [0.717, 1.165) is 79.7 Å². The number of benzene rings is 3. The molecule has 0 unspecified atom stereocenters. The Morgan fingerprint density at radius 2 is 1.25 bits per heavy atom. The Hall–Kier alpha value is -3.48. The fraction of sp³-hybridized carbons (Fsp3) is 0.412. The van der Waals surface area contributed by atoms with E-state index in [1.165, 1.54) is 0 Å². The molecule has 3 fully saturated rings. The molecule has 3 aliphatic rings. The summed E-state index contributed by atoms with van der Waals surface area (Å²) in [4.78, 5) is 33.5. The van der Waals surface area contributed by atoms with Crippen molar-refractivity contribution in [2.45, 2.75) is 31.7 Å². The summed E-state index contributed by atoms with van der Waals surface area (Å²) in [5, 5.41) is 0. The fourth-order valence-electron chi connectivity index (χ4n) is 6.54. The molecule has 6 nitrogen and oxygen atoms in total. The van der Waals surface area contributed by atoms with Crippen molar-refractivity contribution in [3.05, 3.63) is 84.4 Å². The van der Waals surface area contributed by atoms with Crippen LogP contribution >= 0.6 is 0 Å². The number of rotatable bonds is 5. The Morgan fingerprint density at radius 1 is 0.650 bits per heavy atom. The van der Waals surface area contributed by atoms with Gasteiger partial charge in [-0.25, -0.2) is 0 Å². The van der Waals surface area contributed by atoms with E-state index in [2.05, 4.69) is 35.2 Å². The lowest BCUT2D eigenvalue weighted by Crippen LogP contribution is -2.53. The minimum absolute atomic E-state index is 0.0867. The van der Waals surface area contributed by atoms with Crippen LogP contribution in [-0.4, -0.2) is 85.0 Å². The molecular weight excluding hydrogens is 498 g/mol. The van der Waals surface area contributed by atoms with Crippen LogP contribution in [0, 0.1) is 5.92 Å². The largest absolute Gasteiger partial charge is 0.378 e. The molecule has 208 valence electrons. The monoisotopic (exact) mass is 537 g/mol. The minimum atomic E-state index is 0.0867. The lowest BCUT2D eigenvalue weighted by molar-refractivity contribution is -0.141. The van der Waals surface area contributed by atoms with E-state index >= 15 is 0 Å². The van der Waals surface area contributed by atoms with Gasteiger partial charge in [-0.2, -0.15) is 0 Å². The third-order valence-corrected chi connectivity index (χ3v) is 8.79. The summed E-state index contributed by atoms with van der Waals surface area (Å²) in [6.45, 7) is 6.11. The molecule has 0 aromatic heterocycles. The van der Waals surface area contributed by atoms with E-state index in [9.17, 15) is 9.59 Å². The summed E-state index contributed by atoms with van der Waals surface area (Å²) in [6.07, 6.45) is 3.95. The highest BCUT2D eigenvalue weighted by Gasteiger charge is 2.34. The zero-order chi connectivity index (χ0) is 27.3. The molecule has 6 heteroatoms. The summed E-state index contributed by atoms with van der Waals surface area (Å²) in [7, 11) is 0. The lowest BCUT2D eigenvalue weighted by atomic mass is 9.92. The lowest BCUT2D eigenvalue weighted by Gasteiger charge is -2.43. The molecular formula is C34H39N3O3. The first-order valence-electron chi connectivity index (χ1n) is 14.8. The Kier molecular flexibility index (Phi) is 8.26. The summed E-state index contributed by atoms with van der Waals surface area (Å²) < 4.78 is 5.44. The van der Waals surface area contributed by atoms with Gasteiger partial charge >= 0.3 is 0 Å². The zero-order valence-electron chi connectivity index (χ0n) is 23.2. The highest BCUT2D eigenvalue weighted by molar-refractivity contribution is 5.97. The first-order valence-corrected chi connectivity index (χ1v) is 14.8. The molecule has 3 aromatic carbocycles. The van der Waals surface area contributed by atoms with Crippen LogP contribution in [0.5, 0.6) is 0 Å². The van der Waals surface area contributed by atoms with Gasteiger partial charge in [-0.15, -0.1) is 0 Å². The van der Waals surface area contributed by atoms with Crippen molar-refractivity contribution >= 4 is 11.8 Å². The summed E-state index contributed by atoms with van der Waals surface area (Å²) in [5.41, 5.74) is 5.08. The smallest absolute Gasteiger partial charge is 0.253 e. The van der Waals surface area contributed by atoms with Gasteiger partial charge in [0.1, 0.15) is 0 Å². The Labute approximate surface area is 237 Å². The topological polar surface area (TPSA) is 53.1 Å². The number of morpholine rings is 1. The van der Waals surface area contributed by atoms with E-state index in [1.807, 2.05) is 58.3 Å². The van der Waals surface area contributed by atoms with Gasteiger partial charge < -0.3 is 14.5 Å². The summed E-state index contributed by atoms with van der Waals surface area (Å²) >= 11 is 0. The van der Waals surface area contributed by atoms with Crippen LogP contribution in [0.25, 0.3) is 22.3 Å². The number of piperidine rings is 2. The maximum Gasteiger partial charge on any atom is 0.253 e. The molecule has 3 saturated heterocycles. The first-order chi connectivity index (χ1) is 19.7. The SMILES string of the molecule is O=C(c1cc(-c2ccccc2)cc(-c2ccccc2)c1)N1CCC(N2CCC[C@@H](C(=O)N3CCOCC3)C2)CC1. The average molecular weight is 538 g/mol. The zero-order valence-corrected chi connectivity index (χ0v) is 23.2. The van der Waals surface area contributed by atoms with Crippen LogP contribution in [0.4, 0.5) is 0 Å². The number of hydrogen-bond donors (Lipinski definition) is 0. The second-order valence-electron chi connectivity index (χ2n) is 11.3. The molecule has 0 bridgehead atoms. The van der Waals surface area contributed by atoms with E-state index in [0.29, 0.717) is 38.3 Å². The van der Waals surface area contributed by atoms with Crippen molar-refractivity contribution in [1.82, 2.24) is 14.7 Å². The van der Waals surface area contributed by atoms with E-state index in [4.69, 9.17) is 4.74 Å². The number of nitrogens with zero attached hydrogens (tertiary/aromatic N) is 3. The highest BCUT2D eigenvalue weighted by atomic mass is 16.5. The van der Waals surface area contributed by atoms with Crippen molar-refractivity contribution in [3.8, 4) is 22.3 Å². The van der Waals surface area contributed by atoms with Crippen molar-refractivity contribution in [2.75, 3.05) is 52.5 Å². The van der Waals surface area contributed by atoms with Gasteiger partial charge in [-0.05, 0) is 72.7 Å². The van der Waals surface area contributed by atoms with Gasteiger partial charge in [0.25, 0.3) is 5.91 Å². The molecule has 0 N–H and O–H groups in total. The third kappa shape index (κ3) is 5.98. The van der Waals surface area contributed by atoms with Gasteiger partial charge in [0.2, 0.25) is 5.91 Å². The number of ether oxygens (including phenoxy) is 1. The molecule has 0 radical (unpaired) electrons. The second kappa shape index (κ2) is 12.4. The second-order valence-corrected chi connectivity index (χ2v) is 11.3. The Balaban J connectivity index is 1.13. The predicted molar refractivity (Wildman–Crippen MR) is 158 cm³/mol. The highest BCUT2D eigenvalue weighted by Crippen LogP contribution is 2.30. The maximum atomic E-state index is 13.8. The molecule has 6 rings (SSSR count). The Bertz CT molecular complexity index is 1240. The molecule has 40 heavy (non-hydrogen) atoms. The third-order valence-electron chi connectivity index (χ3n) is 8.79. The van der Waals surface area contributed by atoms with Crippen molar-refractivity contribution in [1.29, 1.82) is 0 Å². The first kappa shape index (κ1) is 26.7. The minimum Gasteiger partial charge on any atom is -0.378 e. The number of amides is 2. The summed E-state index contributed by atoms with van der Waals surface area (Å²) in [5.74, 6) is 0.490. The molecule has 1 atom stereocenters. The van der Waals surface area contributed by atoms with Crippen molar-refractivity contribution < 1.29 is 14.3 Å². The van der Waals surface area contributed by atoms with Crippen LogP contribution in [0.3, 0.4) is 0 Å².